The lowest BCUT2D eigenvalue weighted by atomic mass is 10.2. The molecule has 0 fully saturated rings. The molecule has 2 N–H and O–H groups in total. The number of rotatable bonds is 7. The number of nitrogens with zero attached hydrogens (tertiary/aromatic N) is 1. The fourth-order valence-corrected chi connectivity index (χ4v) is 2.32. The molecule has 0 spiro atoms. The summed E-state index contributed by atoms with van der Waals surface area (Å²) in [5.74, 6) is 0.617. The molecule has 0 radical (unpaired) electrons. The monoisotopic (exact) mass is 269 g/mol. The van der Waals surface area contributed by atoms with Crippen molar-refractivity contribution in [1.82, 2.24) is 15.6 Å². The standard InChI is InChI=1S/C13H23N3OS/c1-9(2)7-15-12(17)5-6-14-8-13-16-10(3)11(4)18-13/h9,14H,5-8H2,1-4H3,(H,15,17). The lowest BCUT2D eigenvalue weighted by Gasteiger charge is -2.07. The third-order valence-corrected chi connectivity index (χ3v) is 3.66. The van der Waals surface area contributed by atoms with E-state index in [9.17, 15) is 4.79 Å². The van der Waals surface area contributed by atoms with Gasteiger partial charge in [0.2, 0.25) is 5.91 Å². The van der Waals surface area contributed by atoms with E-state index in [-0.39, 0.29) is 5.91 Å². The van der Waals surface area contributed by atoms with Crippen LogP contribution in [0, 0.1) is 19.8 Å². The molecule has 0 aromatic carbocycles. The van der Waals surface area contributed by atoms with Crippen LogP contribution in [0.15, 0.2) is 0 Å². The van der Waals surface area contributed by atoms with Crippen molar-refractivity contribution in [3.63, 3.8) is 0 Å². The Bertz CT molecular complexity index is 368. The van der Waals surface area contributed by atoms with Gasteiger partial charge in [-0.1, -0.05) is 13.8 Å². The van der Waals surface area contributed by atoms with Gasteiger partial charge in [0.15, 0.2) is 0 Å². The van der Waals surface area contributed by atoms with Crippen LogP contribution in [-0.2, 0) is 11.3 Å². The first kappa shape index (κ1) is 15.1. The molecule has 0 saturated heterocycles. The first-order chi connectivity index (χ1) is 8.49. The molecule has 0 aliphatic rings. The molecule has 0 aliphatic carbocycles. The Morgan fingerprint density at radius 2 is 2.11 bits per heavy atom. The molecule has 18 heavy (non-hydrogen) atoms. The minimum Gasteiger partial charge on any atom is -0.356 e. The Labute approximate surface area is 113 Å². The maximum Gasteiger partial charge on any atom is 0.221 e. The van der Waals surface area contributed by atoms with Crippen LogP contribution in [0.1, 0.15) is 35.8 Å². The van der Waals surface area contributed by atoms with Gasteiger partial charge in [-0.15, -0.1) is 11.3 Å². The van der Waals surface area contributed by atoms with Crippen molar-refractivity contribution >= 4 is 17.2 Å². The van der Waals surface area contributed by atoms with Gasteiger partial charge in [-0.2, -0.15) is 0 Å². The predicted molar refractivity (Wildman–Crippen MR) is 75.8 cm³/mol. The average Bonchev–Trinajstić information content (AvgIpc) is 2.62. The summed E-state index contributed by atoms with van der Waals surface area (Å²) in [5.41, 5.74) is 1.10. The highest BCUT2D eigenvalue weighted by molar-refractivity contribution is 7.11. The van der Waals surface area contributed by atoms with Gasteiger partial charge < -0.3 is 10.6 Å². The number of aryl methyl sites for hydroxylation is 2. The van der Waals surface area contributed by atoms with Gasteiger partial charge in [0.05, 0.1) is 5.69 Å². The van der Waals surface area contributed by atoms with Crippen LogP contribution < -0.4 is 10.6 Å². The molecule has 102 valence electrons. The normalized spacial score (nSPS) is 10.9. The summed E-state index contributed by atoms with van der Waals surface area (Å²) in [6, 6.07) is 0. The highest BCUT2D eigenvalue weighted by atomic mass is 32.1. The van der Waals surface area contributed by atoms with E-state index in [0.29, 0.717) is 18.9 Å². The summed E-state index contributed by atoms with van der Waals surface area (Å²) < 4.78 is 0. The first-order valence-electron chi connectivity index (χ1n) is 6.39. The minimum absolute atomic E-state index is 0.114. The summed E-state index contributed by atoms with van der Waals surface area (Å²) in [4.78, 5) is 17.2. The van der Waals surface area contributed by atoms with E-state index in [4.69, 9.17) is 0 Å². The highest BCUT2D eigenvalue weighted by Crippen LogP contribution is 2.15. The molecule has 0 atom stereocenters. The number of hydrogen-bond acceptors (Lipinski definition) is 4. The van der Waals surface area contributed by atoms with Crippen molar-refractivity contribution in [1.29, 1.82) is 0 Å². The Morgan fingerprint density at radius 3 is 2.67 bits per heavy atom. The van der Waals surface area contributed by atoms with E-state index < -0.39 is 0 Å². The largest absolute Gasteiger partial charge is 0.356 e. The molecular weight excluding hydrogens is 246 g/mol. The second-order valence-corrected chi connectivity index (χ2v) is 6.16. The highest BCUT2D eigenvalue weighted by Gasteiger charge is 2.04. The lowest BCUT2D eigenvalue weighted by Crippen LogP contribution is -2.30. The molecule has 0 saturated carbocycles. The van der Waals surface area contributed by atoms with Crippen LogP contribution in [0.4, 0.5) is 0 Å². The number of nitrogens with one attached hydrogen (secondary N) is 2. The number of carbonyl (C=O) groups is 1. The number of thiazole rings is 1. The fourth-order valence-electron chi connectivity index (χ4n) is 1.42. The fraction of sp³-hybridized carbons (Fsp3) is 0.692. The molecule has 0 unspecified atom stereocenters. The van der Waals surface area contributed by atoms with E-state index in [2.05, 4.69) is 36.4 Å². The Kier molecular flexibility index (Phi) is 6.29. The average molecular weight is 269 g/mol. The summed E-state index contributed by atoms with van der Waals surface area (Å²) in [6.45, 7) is 10.5. The van der Waals surface area contributed by atoms with E-state index in [1.165, 1.54) is 4.88 Å². The minimum atomic E-state index is 0.114. The Hall–Kier alpha value is -0.940. The molecule has 0 bridgehead atoms. The zero-order valence-electron chi connectivity index (χ0n) is 11.7. The molecular formula is C13H23N3OS. The zero-order chi connectivity index (χ0) is 13.5. The molecule has 1 heterocycles. The molecule has 5 heteroatoms. The molecule has 1 rings (SSSR count). The van der Waals surface area contributed by atoms with E-state index >= 15 is 0 Å². The molecule has 1 aromatic rings. The van der Waals surface area contributed by atoms with Crippen LogP contribution in [0.3, 0.4) is 0 Å². The summed E-state index contributed by atoms with van der Waals surface area (Å²) >= 11 is 1.71. The lowest BCUT2D eigenvalue weighted by molar-refractivity contribution is -0.121. The summed E-state index contributed by atoms with van der Waals surface area (Å²) in [6.07, 6.45) is 0.524. The second-order valence-electron chi connectivity index (χ2n) is 4.87. The first-order valence-corrected chi connectivity index (χ1v) is 7.21. The predicted octanol–water partition coefficient (Wildman–Crippen LogP) is 2.01. The second kappa shape index (κ2) is 7.48. The van der Waals surface area contributed by atoms with Crippen molar-refractivity contribution in [2.24, 2.45) is 5.92 Å². The van der Waals surface area contributed by atoms with Crippen LogP contribution in [-0.4, -0.2) is 24.0 Å². The van der Waals surface area contributed by atoms with Gasteiger partial charge in [-0.3, -0.25) is 4.79 Å². The van der Waals surface area contributed by atoms with Crippen molar-refractivity contribution in [3.05, 3.63) is 15.6 Å². The summed E-state index contributed by atoms with van der Waals surface area (Å²) in [5, 5.41) is 7.24. The SMILES string of the molecule is Cc1nc(CNCCC(=O)NCC(C)C)sc1C. The third kappa shape index (κ3) is 5.60. The quantitative estimate of drug-likeness (QED) is 0.745. The smallest absolute Gasteiger partial charge is 0.221 e. The summed E-state index contributed by atoms with van der Waals surface area (Å²) in [7, 11) is 0. The van der Waals surface area contributed by atoms with E-state index in [0.717, 1.165) is 23.8 Å². The van der Waals surface area contributed by atoms with Gasteiger partial charge in [0.25, 0.3) is 0 Å². The Morgan fingerprint density at radius 1 is 1.39 bits per heavy atom. The van der Waals surface area contributed by atoms with Crippen LogP contribution in [0.2, 0.25) is 0 Å². The van der Waals surface area contributed by atoms with E-state index in [1.807, 2.05) is 6.92 Å². The van der Waals surface area contributed by atoms with Crippen molar-refractivity contribution < 1.29 is 4.79 Å². The maximum atomic E-state index is 11.5. The third-order valence-electron chi connectivity index (χ3n) is 2.59. The van der Waals surface area contributed by atoms with Crippen molar-refractivity contribution in [3.8, 4) is 0 Å². The maximum absolute atomic E-state index is 11.5. The Balaban J connectivity index is 2.13. The topological polar surface area (TPSA) is 54.0 Å². The number of aromatic nitrogens is 1. The van der Waals surface area contributed by atoms with Crippen LogP contribution >= 0.6 is 11.3 Å². The molecule has 1 amide bonds. The molecule has 1 aromatic heterocycles. The van der Waals surface area contributed by atoms with Crippen LogP contribution in [0.25, 0.3) is 0 Å². The number of amides is 1. The van der Waals surface area contributed by atoms with E-state index in [1.54, 1.807) is 11.3 Å². The van der Waals surface area contributed by atoms with Crippen molar-refractivity contribution in [2.45, 2.75) is 40.7 Å². The zero-order valence-corrected chi connectivity index (χ0v) is 12.5. The number of carbonyl (C=O) groups excluding carboxylic acids is 1. The van der Waals surface area contributed by atoms with Crippen molar-refractivity contribution in [2.75, 3.05) is 13.1 Å². The van der Waals surface area contributed by atoms with Gasteiger partial charge in [-0.25, -0.2) is 4.98 Å². The van der Waals surface area contributed by atoms with Gasteiger partial charge in [-0.05, 0) is 19.8 Å². The molecule has 0 aliphatic heterocycles. The van der Waals surface area contributed by atoms with Gasteiger partial charge in [0.1, 0.15) is 5.01 Å². The van der Waals surface area contributed by atoms with Gasteiger partial charge in [0, 0.05) is 30.9 Å². The van der Waals surface area contributed by atoms with Crippen LogP contribution in [0.5, 0.6) is 0 Å². The molecule has 4 nitrogen and oxygen atoms in total. The van der Waals surface area contributed by atoms with Gasteiger partial charge >= 0.3 is 0 Å². The number of hydrogen-bond donors (Lipinski definition) is 2.